The number of amides is 1. The van der Waals surface area contributed by atoms with Crippen molar-refractivity contribution in [3.8, 4) is 0 Å². The van der Waals surface area contributed by atoms with Crippen LogP contribution >= 0.6 is 11.3 Å². The number of aliphatic imine (C=N–C) groups is 1. The number of nitrogens with one attached hydrogen (secondary N) is 2. The summed E-state index contributed by atoms with van der Waals surface area (Å²) in [7, 11) is 7.43. The molecule has 0 aliphatic rings. The van der Waals surface area contributed by atoms with Gasteiger partial charge in [0.1, 0.15) is 11.1 Å². The van der Waals surface area contributed by atoms with Crippen LogP contribution in [0.4, 0.5) is 5.69 Å². The molecule has 31 heavy (non-hydrogen) atoms. The predicted molar refractivity (Wildman–Crippen MR) is 127 cm³/mol. The van der Waals surface area contributed by atoms with Gasteiger partial charge in [-0.3, -0.25) is 4.79 Å². The maximum absolute atomic E-state index is 12.0. The Bertz CT molecular complexity index is 867. The van der Waals surface area contributed by atoms with E-state index in [1.165, 1.54) is 0 Å². The molecule has 0 bridgehead atoms. The molecule has 1 aromatic heterocycles. The molecule has 0 aliphatic heterocycles. The van der Waals surface area contributed by atoms with Gasteiger partial charge in [0.05, 0.1) is 25.3 Å². The average Bonchev–Trinajstić information content (AvgIpc) is 3.18. The highest BCUT2D eigenvalue weighted by molar-refractivity contribution is 7.09. The number of aromatic nitrogens is 1. The van der Waals surface area contributed by atoms with E-state index < -0.39 is 0 Å². The number of carbonyl (C=O) groups is 1. The van der Waals surface area contributed by atoms with Gasteiger partial charge in [-0.05, 0) is 45.6 Å². The van der Waals surface area contributed by atoms with Crippen molar-refractivity contribution in [2.75, 3.05) is 46.7 Å². The van der Waals surface area contributed by atoms with Crippen LogP contribution in [0.1, 0.15) is 36.2 Å². The lowest BCUT2D eigenvalue weighted by atomic mass is 10.2. The molecule has 1 heterocycles. The Morgan fingerprint density at radius 2 is 2.10 bits per heavy atom. The van der Waals surface area contributed by atoms with Crippen molar-refractivity contribution in [3.63, 3.8) is 0 Å². The van der Waals surface area contributed by atoms with E-state index in [4.69, 9.17) is 9.73 Å². The molecule has 2 N–H and O–H groups in total. The minimum Gasteiger partial charge on any atom is -0.375 e. The highest BCUT2D eigenvalue weighted by Crippen LogP contribution is 2.21. The van der Waals surface area contributed by atoms with Gasteiger partial charge in [-0.1, -0.05) is 12.1 Å². The molecule has 2 aromatic rings. The number of rotatable bonds is 10. The Kier molecular flexibility index (Phi) is 9.90. The number of hydrogen-bond donors (Lipinski definition) is 2. The van der Waals surface area contributed by atoms with E-state index in [9.17, 15) is 4.79 Å². The topological polar surface area (TPSA) is 82.1 Å². The number of nitrogens with zero attached hydrogens (tertiary/aromatic N) is 4. The summed E-state index contributed by atoms with van der Waals surface area (Å²) in [6.07, 6.45) is -0.00328. The SMILES string of the molecule is CCNC(=NCc1cccc(NC(=O)CN(C)C)c1)N(C)Cc1csc(C(C)OC)n1. The van der Waals surface area contributed by atoms with E-state index in [-0.39, 0.29) is 12.0 Å². The lowest BCUT2D eigenvalue weighted by Crippen LogP contribution is -2.38. The second kappa shape index (κ2) is 12.4. The van der Waals surface area contributed by atoms with Crippen LogP contribution in [0.5, 0.6) is 0 Å². The molecule has 0 spiro atoms. The van der Waals surface area contributed by atoms with Crippen molar-refractivity contribution in [3.05, 3.63) is 45.9 Å². The zero-order chi connectivity index (χ0) is 22.8. The Hall–Kier alpha value is -2.49. The van der Waals surface area contributed by atoms with Crippen molar-refractivity contribution in [1.29, 1.82) is 0 Å². The minimum atomic E-state index is -0.0378. The lowest BCUT2D eigenvalue weighted by Gasteiger charge is -2.21. The van der Waals surface area contributed by atoms with Crippen molar-refractivity contribution >= 4 is 28.9 Å². The summed E-state index contributed by atoms with van der Waals surface area (Å²) in [5.74, 6) is 0.767. The van der Waals surface area contributed by atoms with Gasteiger partial charge in [-0.25, -0.2) is 9.98 Å². The van der Waals surface area contributed by atoms with Crippen LogP contribution < -0.4 is 10.6 Å². The number of likely N-dealkylation sites (N-methyl/N-ethyl adjacent to an activating group) is 1. The number of hydrogen-bond acceptors (Lipinski definition) is 6. The number of ether oxygens (including phenoxy) is 1. The van der Waals surface area contributed by atoms with E-state index in [2.05, 4.69) is 25.9 Å². The second-order valence-electron chi connectivity index (χ2n) is 7.57. The van der Waals surface area contributed by atoms with E-state index in [1.807, 2.05) is 64.2 Å². The third-order valence-corrected chi connectivity index (χ3v) is 5.50. The van der Waals surface area contributed by atoms with Crippen LogP contribution in [0.15, 0.2) is 34.6 Å². The fourth-order valence-electron chi connectivity index (χ4n) is 2.87. The minimum absolute atomic E-state index is 0.00328. The van der Waals surface area contributed by atoms with Crippen LogP contribution in [-0.4, -0.2) is 68.0 Å². The van der Waals surface area contributed by atoms with Crippen LogP contribution in [0.2, 0.25) is 0 Å². The van der Waals surface area contributed by atoms with Gasteiger partial charge in [0.2, 0.25) is 5.91 Å². The number of carbonyl (C=O) groups excluding carboxylic acids is 1. The quantitative estimate of drug-likeness (QED) is 0.431. The summed E-state index contributed by atoms with van der Waals surface area (Å²) in [5.41, 5.74) is 2.79. The molecule has 1 amide bonds. The lowest BCUT2D eigenvalue weighted by molar-refractivity contribution is -0.116. The van der Waals surface area contributed by atoms with Crippen molar-refractivity contribution in [2.24, 2.45) is 4.99 Å². The zero-order valence-corrected chi connectivity index (χ0v) is 20.1. The highest BCUT2D eigenvalue weighted by atomic mass is 32.1. The Labute approximate surface area is 189 Å². The predicted octanol–water partition coefficient (Wildman–Crippen LogP) is 2.95. The fraction of sp³-hybridized carbons (Fsp3) is 0.500. The average molecular weight is 447 g/mol. The van der Waals surface area contributed by atoms with Gasteiger partial charge in [0.15, 0.2) is 5.96 Å². The Morgan fingerprint density at radius 3 is 2.77 bits per heavy atom. The summed E-state index contributed by atoms with van der Waals surface area (Å²) in [4.78, 5) is 25.3. The number of benzene rings is 1. The molecule has 8 nitrogen and oxygen atoms in total. The summed E-state index contributed by atoms with van der Waals surface area (Å²) in [5, 5.41) is 9.29. The van der Waals surface area contributed by atoms with Crippen molar-refractivity contribution in [1.82, 2.24) is 20.1 Å². The van der Waals surface area contributed by atoms with Crippen LogP contribution in [0.3, 0.4) is 0 Å². The molecule has 9 heteroatoms. The normalized spacial score (nSPS) is 12.7. The van der Waals surface area contributed by atoms with Crippen LogP contribution in [0.25, 0.3) is 0 Å². The molecule has 1 aromatic carbocycles. The largest absolute Gasteiger partial charge is 0.375 e. The first-order valence-corrected chi connectivity index (χ1v) is 11.2. The van der Waals surface area contributed by atoms with E-state index in [0.29, 0.717) is 19.6 Å². The molecule has 0 aliphatic carbocycles. The summed E-state index contributed by atoms with van der Waals surface area (Å²) in [6, 6.07) is 7.78. The molecular formula is C22H34N6O2S. The van der Waals surface area contributed by atoms with E-state index in [1.54, 1.807) is 18.4 Å². The molecule has 0 saturated carbocycles. The molecule has 170 valence electrons. The summed E-state index contributed by atoms with van der Waals surface area (Å²) in [6.45, 7) is 6.32. The first-order valence-electron chi connectivity index (χ1n) is 10.3. The maximum atomic E-state index is 12.0. The number of anilines is 1. The monoisotopic (exact) mass is 446 g/mol. The summed E-state index contributed by atoms with van der Waals surface area (Å²) >= 11 is 1.61. The van der Waals surface area contributed by atoms with Crippen LogP contribution in [0, 0.1) is 0 Å². The second-order valence-corrected chi connectivity index (χ2v) is 8.46. The van der Waals surface area contributed by atoms with Gasteiger partial charge in [-0.2, -0.15) is 0 Å². The first kappa shape index (κ1) is 24.8. The van der Waals surface area contributed by atoms with Gasteiger partial charge >= 0.3 is 0 Å². The van der Waals surface area contributed by atoms with Gasteiger partial charge in [0, 0.05) is 31.8 Å². The molecule has 1 unspecified atom stereocenters. The highest BCUT2D eigenvalue weighted by Gasteiger charge is 2.13. The van der Waals surface area contributed by atoms with Gasteiger partial charge < -0.3 is 25.2 Å². The molecule has 2 rings (SSSR count). The Balaban J connectivity index is 2.04. The standard InChI is InChI=1S/C22H34N6O2S/c1-7-23-22(28(5)13-19-15-31-21(26-19)16(2)30-6)24-12-17-9-8-10-18(11-17)25-20(29)14-27(3)4/h8-11,15-16H,7,12-14H2,1-6H3,(H,23,24)(H,25,29). The smallest absolute Gasteiger partial charge is 0.238 e. The maximum Gasteiger partial charge on any atom is 0.238 e. The van der Waals surface area contributed by atoms with E-state index >= 15 is 0 Å². The summed E-state index contributed by atoms with van der Waals surface area (Å²) < 4.78 is 5.35. The van der Waals surface area contributed by atoms with Gasteiger partial charge in [-0.15, -0.1) is 11.3 Å². The Morgan fingerprint density at radius 1 is 1.32 bits per heavy atom. The fourth-order valence-corrected chi connectivity index (χ4v) is 3.71. The van der Waals surface area contributed by atoms with E-state index in [0.717, 1.165) is 34.5 Å². The van der Waals surface area contributed by atoms with Crippen molar-refractivity contribution < 1.29 is 9.53 Å². The molecular weight excluding hydrogens is 412 g/mol. The molecule has 0 fully saturated rings. The molecule has 0 radical (unpaired) electrons. The number of thiazole rings is 1. The third-order valence-electron chi connectivity index (χ3n) is 4.45. The zero-order valence-electron chi connectivity index (χ0n) is 19.3. The van der Waals surface area contributed by atoms with Crippen LogP contribution in [-0.2, 0) is 22.6 Å². The first-order chi connectivity index (χ1) is 14.8. The molecule has 1 atom stereocenters. The van der Waals surface area contributed by atoms with Gasteiger partial charge in [0.25, 0.3) is 0 Å². The molecule has 0 saturated heterocycles. The third kappa shape index (κ3) is 8.28. The van der Waals surface area contributed by atoms with Crippen molar-refractivity contribution in [2.45, 2.75) is 33.0 Å². The number of methoxy groups -OCH3 is 1. The number of guanidine groups is 1.